The molecule has 2 amide bonds. The molecule has 2 aromatic carbocycles. The number of anilines is 2. The zero-order chi connectivity index (χ0) is 25.8. The molecule has 0 aromatic heterocycles. The molecule has 1 aliphatic heterocycles. The molecule has 36 heavy (non-hydrogen) atoms. The van der Waals surface area contributed by atoms with Gasteiger partial charge >= 0.3 is 0 Å². The summed E-state index contributed by atoms with van der Waals surface area (Å²) in [6.45, 7) is 11.4. The molecule has 0 saturated carbocycles. The normalized spacial score (nSPS) is 12.9. The summed E-state index contributed by atoms with van der Waals surface area (Å²) in [6, 6.07) is 14.3. The van der Waals surface area contributed by atoms with Crippen molar-refractivity contribution in [2.75, 3.05) is 42.9 Å². The third-order valence-electron chi connectivity index (χ3n) is 7.11. The van der Waals surface area contributed by atoms with E-state index in [2.05, 4.69) is 65.5 Å². The van der Waals surface area contributed by atoms with Gasteiger partial charge in [0.25, 0.3) is 5.91 Å². The zero-order valence-electron chi connectivity index (χ0n) is 22.4. The first-order valence-electron chi connectivity index (χ1n) is 13.8. The van der Waals surface area contributed by atoms with Crippen LogP contribution in [0.3, 0.4) is 0 Å². The molecule has 6 nitrogen and oxygen atoms in total. The van der Waals surface area contributed by atoms with Gasteiger partial charge in [0.15, 0.2) is 0 Å². The highest BCUT2D eigenvalue weighted by Crippen LogP contribution is 2.29. The number of carbonyl (C=O) groups is 2. The molecule has 0 unspecified atom stereocenters. The van der Waals surface area contributed by atoms with Crippen molar-refractivity contribution in [3.05, 3.63) is 59.2 Å². The first-order chi connectivity index (χ1) is 17.5. The SMILES string of the molecule is CCCCCCCC(=O)Nc1ccc(N2CCc3ccccc3C2)c(C(=O)NCCN(CC)CC)c1. The maximum absolute atomic E-state index is 13.4. The van der Waals surface area contributed by atoms with Crippen LogP contribution in [-0.4, -0.2) is 49.4 Å². The fourth-order valence-corrected chi connectivity index (χ4v) is 4.85. The van der Waals surface area contributed by atoms with Gasteiger partial charge in [-0.3, -0.25) is 9.59 Å². The lowest BCUT2D eigenvalue weighted by Gasteiger charge is -2.32. The summed E-state index contributed by atoms with van der Waals surface area (Å²) < 4.78 is 0. The van der Waals surface area contributed by atoms with E-state index in [4.69, 9.17) is 0 Å². The second kappa shape index (κ2) is 14.6. The minimum atomic E-state index is -0.0910. The van der Waals surface area contributed by atoms with Crippen LogP contribution in [-0.2, 0) is 17.8 Å². The Hall–Kier alpha value is -2.86. The van der Waals surface area contributed by atoms with Crippen LogP contribution in [0.5, 0.6) is 0 Å². The predicted octanol–water partition coefficient (Wildman–Crippen LogP) is 5.62. The van der Waals surface area contributed by atoms with E-state index < -0.39 is 0 Å². The zero-order valence-corrected chi connectivity index (χ0v) is 22.4. The highest BCUT2D eigenvalue weighted by atomic mass is 16.2. The Morgan fingerprint density at radius 3 is 2.44 bits per heavy atom. The van der Waals surface area contributed by atoms with Gasteiger partial charge in [-0.1, -0.05) is 70.7 Å². The van der Waals surface area contributed by atoms with Crippen molar-refractivity contribution >= 4 is 23.2 Å². The number of benzene rings is 2. The third kappa shape index (κ3) is 8.09. The van der Waals surface area contributed by atoms with Gasteiger partial charge in [0, 0.05) is 44.0 Å². The second-order valence-electron chi connectivity index (χ2n) is 9.67. The molecule has 2 N–H and O–H groups in total. The number of rotatable bonds is 14. The molecular formula is C30H44N4O2. The molecule has 0 bridgehead atoms. The monoisotopic (exact) mass is 492 g/mol. The van der Waals surface area contributed by atoms with Crippen molar-refractivity contribution in [1.29, 1.82) is 0 Å². The quantitative estimate of drug-likeness (QED) is 0.336. The molecule has 6 heteroatoms. The number of hydrogen-bond donors (Lipinski definition) is 2. The molecule has 3 rings (SSSR count). The van der Waals surface area contributed by atoms with Crippen molar-refractivity contribution in [2.45, 2.75) is 72.3 Å². The standard InChI is InChI=1S/C30H44N4O2/c1-4-7-8-9-10-15-29(35)32-26-16-17-28(34-20-18-24-13-11-12-14-25(24)23-34)27(22-26)30(36)31-19-21-33(5-2)6-3/h11-14,16-17,22H,4-10,15,18-21,23H2,1-3H3,(H,31,36)(H,32,35). The lowest BCUT2D eigenvalue weighted by atomic mass is 9.98. The van der Waals surface area contributed by atoms with Gasteiger partial charge in [-0.2, -0.15) is 0 Å². The van der Waals surface area contributed by atoms with Crippen molar-refractivity contribution in [1.82, 2.24) is 10.2 Å². The minimum Gasteiger partial charge on any atom is -0.366 e. The molecule has 0 fully saturated rings. The summed E-state index contributed by atoms with van der Waals surface area (Å²) in [7, 11) is 0. The van der Waals surface area contributed by atoms with Crippen molar-refractivity contribution in [3.63, 3.8) is 0 Å². The Balaban J connectivity index is 1.73. The van der Waals surface area contributed by atoms with Gasteiger partial charge in [-0.25, -0.2) is 0 Å². The third-order valence-corrected chi connectivity index (χ3v) is 7.11. The summed E-state index contributed by atoms with van der Waals surface area (Å²) >= 11 is 0. The van der Waals surface area contributed by atoms with E-state index in [9.17, 15) is 9.59 Å². The summed E-state index contributed by atoms with van der Waals surface area (Å²) in [6.07, 6.45) is 7.04. The Bertz CT molecular complexity index is 987. The van der Waals surface area contributed by atoms with E-state index in [0.29, 0.717) is 24.2 Å². The average molecular weight is 493 g/mol. The van der Waals surface area contributed by atoms with Gasteiger partial charge in [-0.15, -0.1) is 0 Å². The highest BCUT2D eigenvalue weighted by molar-refractivity contribution is 6.02. The van der Waals surface area contributed by atoms with Gasteiger partial charge in [0.1, 0.15) is 0 Å². The van der Waals surface area contributed by atoms with Crippen LogP contribution in [0.2, 0.25) is 0 Å². The van der Waals surface area contributed by atoms with Crippen LogP contribution in [0.15, 0.2) is 42.5 Å². The summed E-state index contributed by atoms with van der Waals surface area (Å²) in [4.78, 5) is 30.5. The molecule has 0 saturated heterocycles. The second-order valence-corrected chi connectivity index (χ2v) is 9.67. The predicted molar refractivity (Wildman–Crippen MR) is 150 cm³/mol. The topological polar surface area (TPSA) is 64.7 Å². The Morgan fingerprint density at radius 2 is 1.69 bits per heavy atom. The van der Waals surface area contributed by atoms with E-state index in [1.54, 1.807) is 0 Å². The van der Waals surface area contributed by atoms with Gasteiger partial charge in [-0.05, 0) is 55.3 Å². The van der Waals surface area contributed by atoms with Gasteiger partial charge < -0.3 is 20.4 Å². The van der Waals surface area contributed by atoms with E-state index in [1.807, 2.05) is 18.2 Å². The molecule has 2 aromatic rings. The number of fused-ring (bicyclic) bond motifs is 1. The lowest BCUT2D eigenvalue weighted by Crippen LogP contribution is -2.36. The highest BCUT2D eigenvalue weighted by Gasteiger charge is 2.22. The Morgan fingerprint density at radius 1 is 0.944 bits per heavy atom. The number of carbonyl (C=O) groups excluding carboxylic acids is 2. The number of amides is 2. The summed E-state index contributed by atoms with van der Waals surface area (Å²) in [5, 5.41) is 6.13. The smallest absolute Gasteiger partial charge is 0.253 e. The van der Waals surface area contributed by atoms with E-state index in [-0.39, 0.29) is 11.8 Å². The fourth-order valence-electron chi connectivity index (χ4n) is 4.85. The summed E-state index contributed by atoms with van der Waals surface area (Å²) in [5.41, 5.74) is 4.90. The fraction of sp³-hybridized carbons (Fsp3) is 0.533. The van der Waals surface area contributed by atoms with Gasteiger partial charge in [0.2, 0.25) is 5.91 Å². The van der Waals surface area contributed by atoms with Crippen LogP contribution in [0.4, 0.5) is 11.4 Å². The minimum absolute atomic E-state index is 0.0130. The Labute approximate surface area is 217 Å². The van der Waals surface area contributed by atoms with Gasteiger partial charge in [0.05, 0.1) is 5.56 Å². The molecule has 0 aliphatic carbocycles. The van der Waals surface area contributed by atoms with Crippen LogP contribution in [0.1, 0.15) is 80.8 Å². The maximum Gasteiger partial charge on any atom is 0.253 e. The Kier molecular flexibility index (Phi) is 11.3. The molecule has 196 valence electrons. The summed E-state index contributed by atoms with van der Waals surface area (Å²) in [5.74, 6) is -0.0780. The maximum atomic E-state index is 13.4. The first-order valence-corrected chi connectivity index (χ1v) is 13.8. The number of unbranched alkanes of at least 4 members (excludes halogenated alkanes) is 4. The molecule has 1 heterocycles. The van der Waals surface area contributed by atoms with Crippen LogP contribution in [0, 0.1) is 0 Å². The molecule has 0 atom stereocenters. The lowest BCUT2D eigenvalue weighted by molar-refractivity contribution is -0.116. The van der Waals surface area contributed by atoms with Crippen molar-refractivity contribution in [2.24, 2.45) is 0 Å². The molecular weight excluding hydrogens is 448 g/mol. The molecule has 0 radical (unpaired) electrons. The van der Waals surface area contributed by atoms with Crippen LogP contribution in [0.25, 0.3) is 0 Å². The largest absolute Gasteiger partial charge is 0.366 e. The van der Waals surface area contributed by atoms with Crippen LogP contribution >= 0.6 is 0 Å². The number of nitrogens with zero attached hydrogens (tertiary/aromatic N) is 2. The van der Waals surface area contributed by atoms with Crippen LogP contribution < -0.4 is 15.5 Å². The number of likely N-dealkylation sites (N-methyl/N-ethyl adjacent to an activating group) is 1. The van der Waals surface area contributed by atoms with E-state index >= 15 is 0 Å². The molecule has 0 spiro atoms. The van der Waals surface area contributed by atoms with Crippen molar-refractivity contribution < 1.29 is 9.59 Å². The van der Waals surface area contributed by atoms with E-state index in [1.165, 1.54) is 30.4 Å². The number of hydrogen-bond acceptors (Lipinski definition) is 4. The first kappa shape index (κ1) is 27.7. The number of nitrogens with one attached hydrogen (secondary N) is 2. The average Bonchev–Trinajstić information content (AvgIpc) is 2.90. The van der Waals surface area contributed by atoms with Crippen molar-refractivity contribution in [3.8, 4) is 0 Å². The van der Waals surface area contributed by atoms with E-state index in [0.717, 1.165) is 57.7 Å². The molecule has 1 aliphatic rings.